The third kappa shape index (κ3) is 1.39. The summed E-state index contributed by atoms with van der Waals surface area (Å²) in [6.07, 6.45) is 0. The molecule has 0 aromatic heterocycles. The van der Waals surface area contributed by atoms with Gasteiger partial charge >= 0.3 is 5.97 Å². The van der Waals surface area contributed by atoms with Crippen molar-refractivity contribution >= 4 is 5.97 Å². The van der Waals surface area contributed by atoms with Crippen molar-refractivity contribution in [2.45, 2.75) is 11.0 Å². The van der Waals surface area contributed by atoms with Gasteiger partial charge in [-0.1, -0.05) is 60.7 Å². The van der Waals surface area contributed by atoms with E-state index in [1.165, 1.54) is 7.11 Å². The molecule has 4 heteroatoms. The van der Waals surface area contributed by atoms with Crippen LogP contribution < -0.4 is 0 Å². The monoisotopic (exact) mass is 292 g/mol. The van der Waals surface area contributed by atoms with Gasteiger partial charge < -0.3 is 4.74 Å². The lowest BCUT2D eigenvalue weighted by molar-refractivity contribution is -0.143. The molecule has 1 aliphatic carbocycles. The lowest BCUT2D eigenvalue weighted by Crippen LogP contribution is -2.20. The maximum absolute atomic E-state index is 12.4. The van der Waals surface area contributed by atoms with E-state index in [-0.39, 0.29) is 11.9 Å². The fraction of sp³-hybridized carbons (Fsp3) is 0.278. The van der Waals surface area contributed by atoms with E-state index in [2.05, 4.69) is 22.4 Å². The minimum Gasteiger partial charge on any atom is -0.469 e. The van der Waals surface area contributed by atoms with Gasteiger partial charge in [-0.3, -0.25) is 4.79 Å². The summed E-state index contributed by atoms with van der Waals surface area (Å²) < 4.78 is 5.06. The first kappa shape index (κ1) is 13.2. The molecule has 4 nitrogen and oxygen atoms in total. The molecule has 1 heterocycles. The summed E-state index contributed by atoms with van der Waals surface area (Å²) in [7, 11) is 1.44. The summed E-state index contributed by atoms with van der Waals surface area (Å²) in [4.78, 5) is 12.4. The first-order valence-electron chi connectivity index (χ1n) is 7.35. The Bertz CT molecular complexity index is 744. The Morgan fingerprint density at radius 1 is 1.05 bits per heavy atom. The van der Waals surface area contributed by atoms with Crippen molar-refractivity contribution in [2.24, 2.45) is 16.1 Å². The van der Waals surface area contributed by atoms with Gasteiger partial charge in [0.05, 0.1) is 19.1 Å². The Hall–Kier alpha value is -2.49. The summed E-state index contributed by atoms with van der Waals surface area (Å²) in [5.41, 5.74) is 1.08. The molecule has 1 saturated carbocycles. The molecule has 1 aliphatic heterocycles. The molecule has 0 unspecified atom stereocenters. The molecule has 0 bridgehead atoms. The zero-order valence-electron chi connectivity index (χ0n) is 12.3. The minimum absolute atomic E-state index is 0.216. The van der Waals surface area contributed by atoms with E-state index >= 15 is 0 Å². The number of hydrogen-bond acceptors (Lipinski definition) is 4. The summed E-state index contributed by atoms with van der Waals surface area (Å²) >= 11 is 0. The molecule has 0 saturated heterocycles. The second kappa shape index (κ2) is 4.50. The van der Waals surface area contributed by atoms with Crippen molar-refractivity contribution in [3.8, 4) is 0 Å². The van der Waals surface area contributed by atoms with Crippen molar-refractivity contribution in [1.29, 1.82) is 0 Å². The average molecular weight is 292 g/mol. The second-order valence-electron chi connectivity index (χ2n) is 5.83. The van der Waals surface area contributed by atoms with Gasteiger partial charge in [-0.05, 0) is 11.1 Å². The van der Waals surface area contributed by atoms with Gasteiger partial charge in [-0.15, -0.1) is 0 Å². The molecule has 0 amide bonds. The lowest BCUT2D eigenvalue weighted by Gasteiger charge is -2.15. The lowest BCUT2D eigenvalue weighted by atomic mass is 9.88. The van der Waals surface area contributed by atoms with E-state index in [1.54, 1.807) is 0 Å². The molecule has 0 N–H and O–H groups in total. The molecule has 2 aromatic carbocycles. The first-order valence-corrected chi connectivity index (χ1v) is 7.35. The van der Waals surface area contributed by atoms with Gasteiger partial charge in [0, 0.05) is 0 Å². The molecular weight excluding hydrogens is 276 g/mol. The largest absolute Gasteiger partial charge is 0.469 e. The highest BCUT2D eigenvalue weighted by molar-refractivity contribution is 5.85. The number of esters is 1. The number of methoxy groups -OCH3 is 1. The van der Waals surface area contributed by atoms with Crippen LogP contribution in [0.1, 0.15) is 11.1 Å². The van der Waals surface area contributed by atoms with E-state index < -0.39 is 11.0 Å². The maximum Gasteiger partial charge on any atom is 0.312 e. The first-order chi connectivity index (χ1) is 10.8. The van der Waals surface area contributed by atoms with Gasteiger partial charge in [0.25, 0.3) is 0 Å². The van der Waals surface area contributed by atoms with E-state index in [4.69, 9.17) is 4.74 Å². The summed E-state index contributed by atoms with van der Waals surface area (Å²) in [6, 6.07) is 20.0. The van der Waals surface area contributed by atoms with Crippen LogP contribution in [0.5, 0.6) is 0 Å². The highest BCUT2D eigenvalue weighted by atomic mass is 16.5. The SMILES string of the molecule is COC(=O)[C@@H]1[C@@]2(c3ccccc3)N=NC[C@@]12c1ccccc1. The van der Waals surface area contributed by atoms with Gasteiger partial charge in [0.1, 0.15) is 11.5 Å². The van der Waals surface area contributed by atoms with Crippen LogP contribution in [0.3, 0.4) is 0 Å². The van der Waals surface area contributed by atoms with E-state index in [9.17, 15) is 4.79 Å². The number of azo groups is 1. The van der Waals surface area contributed by atoms with Gasteiger partial charge in [0.2, 0.25) is 0 Å². The fourth-order valence-electron chi connectivity index (χ4n) is 4.01. The summed E-state index contributed by atoms with van der Waals surface area (Å²) in [5.74, 6) is -0.529. The van der Waals surface area contributed by atoms with Crippen molar-refractivity contribution in [1.82, 2.24) is 0 Å². The molecule has 3 atom stereocenters. The van der Waals surface area contributed by atoms with E-state index in [0.717, 1.165) is 11.1 Å². The summed E-state index contributed by atoms with van der Waals surface area (Å²) in [6.45, 7) is 0.520. The number of fused-ring (bicyclic) bond motifs is 1. The third-order valence-corrected chi connectivity index (χ3v) is 5.00. The molecule has 2 aromatic rings. The second-order valence-corrected chi connectivity index (χ2v) is 5.83. The minimum atomic E-state index is -0.622. The fourth-order valence-corrected chi connectivity index (χ4v) is 4.01. The Balaban J connectivity index is 1.92. The normalized spacial score (nSPS) is 31.6. The standard InChI is InChI=1S/C18H16N2O2/c1-22-16(21)15-17(13-8-4-2-5-9-13)12-19-20-18(15,17)14-10-6-3-7-11-14/h2-11,15H,12H2,1H3/t15-,17+,18+/m0/s1. The van der Waals surface area contributed by atoms with Crippen molar-refractivity contribution < 1.29 is 9.53 Å². The van der Waals surface area contributed by atoms with Crippen LogP contribution in [-0.4, -0.2) is 19.6 Å². The van der Waals surface area contributed by atoms with Crippen LogP contribution in [0.4, 0.5) is 0 Å². The van der Waals surface area contributed by atoms with Gasteiger partial charge in [-0.2, -0.15) is 10.2 Å². The third-order valence-electron chi connectivity index (χ3n) is 5.00. The molecule has 22 heavy (non-hydrogen) atoms. The quantitative estimate of drug-likeness (QED) is 0.816. The van der Waals surface area contributed by atoms with Crippen LogP contribution in [0.15, 0.2) is 70.9 Å². The van der Waals surface area contributed by atoms with Crippen molar-refractivity contribution in [3.05, 3.63) is 71.8 Å². The Kier molecular flexibility index (Phi) is 2.70. The highest BCUT2D eigenvalue weighted by Crippen LogP contribution is 2.74. The number of carbonyl (C=O) groups excluding carboxylic acids is 1. The molecular formula is C18H16N2O2. The molecule has 110 valence electrons. The van der Waals surface area contributed by atoms with Gasteiger partial charge in [0.15, 0.2) is 0 Å². The number of carbonyl (C=O) groups is 1. The van der Waals surface area contributed by atoms with Crippen LogP contribution in [0.2, 0.25) is 0 Å². The predicted octanol–water partition coefficient (Wildman–Crippen LogP) is 3.09. The zero-order chi connectivity index (χ0) is 15.2. The average Bonchev–Trinajstić information content (AvgIpc) is 3.00. The number of rotatable bonds is 3. The molecule has 0 radical (unpaired) electrons. The number of hydrogen-bond donors (Lipinski definition) is 0. The molecule has 1 fully saturated rings. The smallest absolute Gasteiger partial charge is 0.312 e. The van der Waals surface area contributed by atoms with Gasteiger partial charge in [-0.25, -0.2) is 0 Å². The van der Waals surface area contributed by atoms with E-state index in [1.807, 2.05) is 48.5 Å². The van der Waals surface area contributed by atoms with E-state index in [0.29, 0.717) is 6.54 Å². The molecule has 0 spiro atoms. The Morgan fingerprint density at radius 3 is 2.23 bits per heavy atom. The van der Waals surface area contributed by atoms with Crippen LogP contribution >= 0.6 is 0 Å². The van der Waals surface area contributed by atoms with Crippen LogP contribution in [-0.2, 0) is 20.5 Å². The maximum atomic E-state index is 12.4. The van der Waals surface area contributed by atoms with Crippen LogP contribution in [0.25, 0.3) is 0 Å². The predicted molar refractivity (Wildman–Crippen MR) is 81.5 cm³/mol. The number of nitrogens with zero attached hydrogens (tertiary/aromatic N) is 2. The Morgan fingerprint density at radius 2 is 1.64 bits per heavy atom. The molecule has 4 rings (SSSR count). The zero-order valence-corrected chi connectivity index (χ0v) is 12.3. The highest BCUT2D eigenvalue weighted by Gasteiger charge is 2.84. The number of benzene rings is 2. The topological polar surface area (TPSA) is 51.0 Å². The summed E-state index contributed by atoms with van der Waals surface area (Å²) in [5, 5.41) is 8.83. The van der Waals surface area contributed by atoms with Crippen molar-refractivity contribution in [3.63, 3.8) is 0 Å². The molecule has 2 aliphatic rings. The Labute approximate surface area is 128 Å². The van der Waals surface area contributed by atoms with Crippen molar-refractivity contribution in [2.75, 3.05) is 13.7 Å². The van der Waals surface area contributed by atoms with Crippen LogP contribution in [0, 0.1) is 5.92 Å². The number of ether oxygens (including phenoxy) is 1.